The minimum atomic E-state index is -0.225. The molecule has 1 amide bonds. The number of nitrogens with one attached hydrogen (secondary N) is 1. The van der Waals surface area contributed by atoms with Gasteiger partial charge in [0.2, 0.25) is 0 Å². The molecular weight excluding hydrogens is 318 g/mol. The molecule has 1 N–H and O–H groups in total. The van der Waals surface area contributed by atoms with Gasteiger partial charge in [-0.1, -0.05) is 78.3 Å². The van der Waals surface area contributed by atoms with E-state index >= 15 is 0 Å². The molecule has 24 heavy (non-hydrogen) atoms. The Morgan fingerprint density at radius 1 is 0.875 bits per heavy atom. The fourth-order valence-corrected chi connectivity index (χ4v) is 2.98. The molecule has 0 fully saturated rings. The molecule has 0 bridgehead atoms. The van der Waals surface area contributed by atoms with Gasteiger partial charge in [0.1, 0.15) is 0 Å². The molecule has 120 valence electrons. The molecule has 2 nitrogen and oxygen atoms in total. The van der Waals surface area contributed by atoms with Crippen molar-refractivity contribution in [2.75, 3.05) is 0 Å². The SMILES string of the molecule is Cc1ccc(C(=O)NC(c2ccccc2)c2ccccc2)c(Cl)c1. The highest BCUT2D eigenvalue weighted by Crippen LogP contribution is 2.24. The standard InChI is InChI=1S/C21H18ClNO/c1-15-12-13-18(19(22)14-15)21(24)23-20(16-8-4-2-5-9-16)17-10-6-3-7-11-17/h2-14,20H,1H3,(H,23,24). The Hall–Kier alpha value is -2.58. The first-order valence-electron chi connectivity index (χ1n) is 7.82. The highest BCUT2D eigenvalue weighted by Gasteiger charge is 2.19. The molecule has 0 saturated carbocycles. The van der Waals surface area contributed by atoms with Gasteiger partial charge >= 0.3 is 0 Å². The maximum absolute atomic E-state index is 12.7. The molecule has 0 unspecified atom stereocenters. The number of carbonyl (C=O) groups is 1. The van der Waals surface area contributed by atoms with Gasteiger partial charge < -0.3 is 5.32 Å². The summed E-state index contributed by atoms with van der Waals surface area (Å²) in [6, 6.07) is 25.1. The Bertz CT molecular complexity index is 791. The van der Waals surface area contributed by atoms with Crippen molar-refractivity contribution in [3.63, 3.8) is 0 Å². The van der Waals surface area contributed by atoms with Gasteiger partial charge in [-0.3, -0.25) is 4.79 Å². The summed E-state index contributed by atoms with van der Waals surface area (Å²) in [4.78, 5) is 12.7. The van der Waals surface area contributed by atoms with E-state index in [1.165, 1.54) is 0 Å². The summed E-state index contributed by atoms with van der Waals surface area (Å²) in [7, 11) is 0. The average molecular weight is 336 g/mol. The highest BCUT2D eigenvalue weighted by atomic mass is 35.5. The third-order valence-electron chi connectivity index (χ3n) is 3.91. The lowest BCUT2D eigenvalue weighted by Crippen LogP contribution is -2.29. The normalized spacial score (nSPS) is 10.6. The van der Waals surface area contributed by atoms with E-state index in [-0.39, 0.29) is 11.9 Å². The maximum atomic E-state index is 12.7. The molecule has 0 aromatic heterocycles. The molecule has 0 radical (unpaired) electrons. The van der Waals surface area contributed by atoms with Gasteiger partial charge in [0.25, 0.3) is 5.91 Å². The largest absolute Gasteiger partial charge is 0.341 e. The van der Waals surface area contributed by atoms with Crippen LogP contribution in [0.1, 0.15) is 33.1 Å². The first-order valence-corrected chi connectivity index (χ1v) is 8.20. The van der Waals surface area contributed by atoms with Crippen molar-refractivity contribution < 1.29 is 4.79 Å². The third kappa shape index (κ3) is 3.66. The quantitative estimate of drug-likeness (QED) is 0.700. The topological polar surface area (TPSA) is 29.1 Å². The number of halogens is 1. The summed E-state index contributed by atoms with van der Waals surface area (Å²) in [6.45, 7) is 1.95. The second kappa shape index (κ2) is 7.33. The van der Waals surface area contributed by atoms with Crippen molar-refractivity contribution >= 4 is 17.5 Å². The van der Waals surface area contributed by atoms with E-state index in [1.54, 1.807) is 12.1 Å². The van der Waals surface area contributed by atoms with Gasteiger partial charge in [0.05, 0.1) is 16.6 Å². The van der Waals surface area contributed by atoms with Crippen LogP contribution in [0.25, 0.3) is 0 Å². The number of hydrogen-bond donors (Lipinski definition) is 1. The van der Waals surface area contributed by atoms with Crippen molar-refractivity contribution in [3.8, 4) is 0 Å². The lowest BCUT2D eigenvalue weighted by Gasteiger charge is -2.20. The van der Waals surface area contributed by atoms with E-state index in [1.807, 2.05) is 73.7 Å². The van der Waals surface area contributed by atoms with E-state index in [0.29, 0.717) is 10.6 Å². The van der Waals surface area contributed by atoms with Crippen molar-refractivity contribution in [1.82, 2.24) is 5.32 Å². The molecular formula is C21H18ClNO. The fraction of sp³-hybridized carbons (Fsp3) is 0.0952. The second-order valence-electron chi connectivity index (χ2n) is 5.71. The van der Waals surface area contributed by atoms with Crippen LogP contribution in [-0.2, 0) is 0 Å². The first kappa shape index (κ1) is 16.3. The van der Waals surface area contributed by atoms with Crippen molar-refractivity contribution in [2.45, 2.75) is 13.0 Å². The van der Waals surface area contributed by atoms with E-state index in [2.05, 4.69) is 5.32 Å². The Labute approximate surface area is 147 Å². The Kier molecular flexibility index (Phi) is 4.97. The van der Waals surface area contributed by atoms with Gasteiger partial charge in [0, 0.05) is 0 Å². The Balaban J connectivity index is 1.94. The molecule has 0 saturated heterocycles. The summed E-state index contributed by atoms with van der Waals surface area (Å²) in [5, 5.41) is 3.57. The van der Waals surface area contributed by atoms with Gasteiger partial charge in [-0.05, 0) is 35.7 Å². The summed E-state index contributed by atoms with van der Waals surface area (Å²) < 4.78 is 0. The molecule has 0 heterocycles. The van der Waals surface area contributed by atoms with E-state index in [9.17, 15) is 4.79 Å². The second-order valence-corrected chi connectivity index (χ2v) is 6.12. The van der Waals surface area contributed by atoms with Crippen molar-refractivity contribution in [1.29, 1.82) is 0 Å². The Morgan fingerprint density at radius 3 is 1.92 bits per heavy atom. The van der Waals surface area contributed by atoms with Gasteiger partial charge in [-0.25, -0.2) is 0 Å². The third-order valence-corrected chi connectivity index (χ3v) is 4.22. The molecule has 0 aliphatic heterocycles. The number of rotatable bonds is 4. The zero-order valence-corrected chi connectivity index (χ0v) is 14.1. The molecule has 0 spiro atoms. The van der Waals surface area contributed by atoms with E-state index in [0.717, 1.165) is 16.7 Å². The predicted molar refractivity (Wildman–Crippen MR) is 98.4 cm³/mol. The summed E-state index contributed by atoms with van der Waals surface area (Å²) in [5.41, 5.74) is 3.57. The van der Waals surface area contributed by atoms with E-state index in [4.69, 9.17) is 11.6 Å². The number of benzene rings is 3. The molecule has 0 aliphatic carbocycles. The van der Waals surface area contributed by atoms with Crippen molar-refractivity contribution in [3.05, 3.63) is 106 Å². The van der Waals surface area contributed by atoms with Crippen LogP contribution in [0.4, 0.5) is 0 Å². The maximum Gasteiger partial charge on any atom is 0.253 e. The minimum Gasteiger partial charge on any atom is -0.341 e. The molecule has 0 atom stereocenters. The van der Waals surface area contributed by atoms with Crippen LogP contribution in [0.3, 0.4) is 0 Å². The number of aryl methyl sites for hydroxylation is 1. The van der Waals surface area contributed by atoms with Crippen LogP contribution in [-0.4, -0.2) is 5.91 Å². The molecule has 3 heteroatoms. The minimum absolute atomic E-state index is 0.183. The summed E-state index contributed by atoms with van der Waals surface area (Å²) >= 11 is 6.24. The average Bonchev–Trinajstić information content (AvgIpc) is 2.61. The van der Waals surface area contributed by atoms with Gasteiger partial charge in [-0.2, -0.15) is 0 Å². The van der Waals surface area contributed by atoms with Crippen LogP contribution in [0.2, 0.25) is 5.02 Å². The van der Waals surface area contributed by atoms with Crippen molar-refractivity contribution in [2.24, 2.45) is 0 Å². The zero-order valence-electron chi connectivity index (χ0n) is 13.4. The predicted octanol–water partition coefficient (Wildman–Crippen LogP) is 5.17. The molecule has 3 aromatic carbocycles. The Morgan fingerprint density at radius 2 is 1.42 bits per heavy atom. The molecule has 3 rings (SSSR count). The van der Waals surface area contributed by atoms with Crippen LogP contribution in [0.15, 0.2) is 78.9 Å². The number of carbonyl (C=O) groups excluding carboxylic acids is 1. The van der Waals surface area contributed by atoms with Gasteiger partial charge in [0.15, 0.2) is 0 Å². The smallest absolute Gasteiger partial charge is 0.253 e. The summed E-state index contributed by atoms with van der Waals surface area (Å²) in [6.07, 6.45) is 0. The monoisotopic (exact) mass is 335 g/mol. The van der Waals surface area contributed by atoms with Gasteiger partial charge in [-0.15, -0.1) is 0 Å². The number of hydrogen-bond acceptors (Lipinski definition) is 1. The van der Waals surface area contributed by atoms with Crippen LogP contribution in [0, 0.1) is 6.92 Å². The first-order chi connectivity index (χ1) is 11.6. The number of amides is 1. The summed E-state index contributed by atoms with van der Waals surface area (Å²) in [5.74, 6) is -0.183. The molecule has 0 aliphatic rings. The highest BCUT2D eigenvalue weighted by molar-refractivity contribution is 6.33. The lowest BCUT2D eigenvalue weighted by atomic mass is 9.98. The van der Waals surface area contributed by atoms with E-state index < -0.39 is 0 Å². The zero-order chi connectivity index (χ0) is 16.9. The molecule has 3 aromatic rings. The fourth-order valence-electron chi connectivity index (χ4n) is 2.66. The van der Waals surface area contributed by atoms with Crippen LogP contribution >= 0.6 is 11.6 Å². The lowest BCUT2D eigenvalue weighted by molar-refractivity contribution is 0.0943. The van der Waals surface area contributed by atoms with Crippen LogP contribution in [0.5, 0.6) is 0 Å². The van der Waals surface area contributed by atoms with Crippen LogP contribution < -0.4 is 5.32 Å².